The third-order valence-electron chi connectivity index (χ3n) is 2.51. The topological polar surface area (TPSA) is 29.9 Å². The van der Waals surface area contributed by atoms with Crippen molar-refractivity contribution < 1.29 is 0 Å². The fraction of sp³-hybridized carbons (Fsp3) is 0.727. The summed E-state index contributed by atoms with van der Waals surface area (Å²) in [7, 11) is 0. The number of hydrogen-bond donors (Lipinski definition) is 1. The summed E-state index contributed by atoms with van der Waals surface area (Å²) in [5, 5.41) is 8.00. The molecule has 1 N–H and O–H groups in total. The normalized spacial score (nSPS) is 15.8. The van der Waals surface area contributed by atoms with Crippen molar-refractivity contribution in [3.8, 4) is 0 Å². The van der Waals surface area contributed by atoms with Gasteiger partial charge in [0.25, 0.3) is 0 Å². The molecule has 0 atom stereocenters. The summed E-state index contributed by atoms with van der Waals surface area (Å²) in [6, 6.07) is 2.89. The van der Waals surface area contributed by atoms with E-state index < -0.39 is 0 Å². The molecule has 0 saturated heterocycles. The molecule has 1 aromatic rings. The largest absolute Gasteiger partial charge is 0.308 e. The first kappa shape index (κ1) is 11.0. The number of thioether (sulfide) groups is 1. The Hall–Kier alpha value is -0.480. The van der Waals surface area contributed by atoms with Crippen molar-refractivity contribution in [3.05, 3.63) is 18.0 Å². The van der Waals surface area contributed by atoms with Crippen molar-refractivity contribution >= 4 is 11.8 Å². The molecule has 3 nitrogen and oxygen atoms in total. The first-order chi connectivity index (χ1) is 7.38. The van der Waals surface area contributed by atoms with Gasteiger partial charge in [0.2, 0.25) is 0 Å². The van der Waals surface area contributed by atoms with Crippen LogP contribution in [0, 0.1) is 0 Å². The van der Waals surface area contributed by atoms with Crippen LogP contribution in [-0.2, 0) is 13.1 Å². The molecule has 1 fully saturated rings. The Morgan fingerprint density at radius 3 is 3.20 bits per heavy atom. The van der Waals surface area contributed by atoms with Gasteiger partial charge in [0.15, 0.2) is 0 Å². The van der Waals surface area contributed by atoms with E-state index in [2.05, 4.69) is 29.6 Å². The molecule has 1 aromatic heterocycles. The lowest BCUT2D eigenvalue weighted by atomic mass is 10.4. The SMILES string of the molecule is CCSCCn1ccc(CNC2CC2)n1. The second-order valence-corrected chi connectivity index (χ2v) is 5.32. The second kappa shape index (κ2) is 5.56. The molecule has 0 amide bonds. The van der Waals surface area contributed by atoms with E-state index in [1.165, 1.54) is 24.3 Å². The smallest absolute Gasteiger partial charge is 0.0762 e. The fourth-order valence-corrected chi connectivity index (χ4v) is 2.07. The van der Waals surface area contributed by atoms with Gasteiger partial charge >= 0.3 is 0 Å². The average Bonchev–Trinajstić information content (AvgIpc) is 2.97. The maximum Gasteiger partial charge on any atom is 0.0762 e. The maximum atomic E-state index is 4.52. The summed E-state index contributed by atoms with van der Waals surface area (Å²) >= 11 is 1.96. The lowest BCUT2D eigenvalue weighted by molar-refractivity contribution is 0.621. The van der Waals surface area contributed by atoms with Crippen LogP contribution in [0.2, 0.25) is 0 Å². The van der Waals surface area contributed by atoms with E-state index in [9.17, 15) is 0 Å². The Labute approximate surface area is 95.6 Å². The Bertz CT molecular complexity index is 294. The van der Waals surface area contributed by atoms with Crippen molar-refractivity contribution in [1.82, 2.24) is 15.1 Å². The number of rotatable bonds is 7. The minimum absolute atomic E-state index is 0.769. The lowest BCUT2D eigenvalue weighted by Crippen LogP contribution is -2.16. The highest BCUT2D eigenvalue weighted by Crippen LogP contribution is 2.18. The highest BCUT2D eigenvalue weighted by atomic mass is 32.2. The van der Waals surface area contributed by atoms with Gasteiger partial charge in [-0.3, -0.25) is 4.68 Å². The van der Waals surface area contributed by atoms with Crippen molar-refractivity contribution in [2.24, 2.45) is 0 Å². The quantitative estimate of drug-likeness (QED) is 0.719. The van der Waals surface area contributed by atoms with Gasteiger partial charge in [0.1, 0.15) is 0 Å². The van der Waals surface area contributed by atoms with E-state index >= 15 is 0 Å². The average molecular weight is 225 g/mol. The minimum Gasteiger partial charge on any atom is -0.308 e. The molecule has 0 unspecified atom stereocenters. The van der Waals surface area contributed by atoms with Crippen molar-refractivity contribution in [2.75, 3.05) is 11.5 Å². The summed E-state index contributed by atoms with van der Waals surface area (Å²) in [6.07, 6.45) is 4.77. The van der Waals surface area contributed by atoms with Gasteiger partial charge in [-0.25, -0.2) is 0 Å². The Morgan fingerprint density at radius 1 is 1.60 bits per heavy atom. The molecular weight excluding hydrogens is 206 g/mol. The van der Waals surface area contributed by atoms with E-state index in [4.69, 9.17) is 0 Å². The molecule has 4 heteroatoms. The van der Waals surface area contributed by atoms with Crippen LogP contribution in [0.25, 0.3) is 0 Å². The predicted octanol–water partition coefficient (Wildman–Crippen LogP) is 1.89. The Balaban J connectivity index is 1.70. The molecule has 0 spiro atoms. The van der Waals surface area contributed by atoms with Crippen molar-refractivity contribution in [1.29, 1.82) is 0 Å². The van der Waals surface area contributed by atoms with Crippen LogP contribution in [-0.4, -0.2) is 27.3 Å². The highest BCUT2D eigenvalue weighted by Gasteiger charge is 2.20. The standard InChI is InChI=1S/C11H19N3S/c1-2-15-8-7-14-6-5-11(13-14)9-12-10-3-4-10/h5-6,10,12H,2-4,7-9H2,1H3. The van der Waals surface area contributed by atoms with Crippen molar-refractivity contribution in [3.63, 3.8) is 0 Å². The molecule has 15 heavy (non-hydrogen) atoms. The van der Waals surface area contributed by atoms with Crippen LogP contribution in [0.5, 0.6) is 0 Å². The minimum atomic E-state index is 0.769. The third kappa shape index (κ3) is 3.87. The van der Waals surface area contributed by atoms with E-state index in [0.29, 0.717) is 0 Å². The van der Waals surface area contributed by atoms with Gasteiger partial charge in [-0.2, -0.15) is 16.9 Å². The van der Waals surface area contributed by atoms with Gasteiger partial charge in [-0.15, -0.1) is 0 Å². The summed E-state index contributed by atoms with van der Waals surface area (Å²) < 4.78 is 2.05. The lowest BCUT2D eigenvalue weighted by Gasteiger charge is -2.00. The monoisotopic (exact) mass is 225 g/mol. The van der Waals surface area contributed by atoms with Crippen LogP contribution in [0.15, 0.2) is 12.3 Å². The second-order valence-electron chi connectivity index (χ2n) is 3.92. The van der Waals surface area contributed by atoms with Gasteiger partial charge in [0.05, 0.1) is 5.69 Å². The molecule has 0 aliphatic heterocycles. The highest BCUT2D eigenvalue weighted by molar-refractivity contribution is 7.99. The van der Waals surface area contributed by atoms with Gasteiger partial charge in [0, 0.05) is 31.1 Å². The molecule has 1 saturated carbocycles. The summed E-state index contributed by atoms with van der Waals surface area (Å²) in [6.45, 7) is 4.15. The zero-order valence-corrected chi connectivity index (χ0v) is 10.1. The first-order valence-electron chi connectivity index (χ1n) is 5.72. The maximum absolute atomic E-state index is 4.52. The third-order valence-corrected chi connectivity index (χ3v) is 3.39. The zero-order valence-electron chi connectivity index (χ0n) is 9.28. The number of aryl methyl sites for hydroxylation is 1. The van der Waals surface area contributed by atoms with Crippen molar-refractivity contribution in [2.45, 2.75) is 38.9 Å². The fourth-order valence-electron chi connectivity index (χ4n) is 1.46. The Morgan fingerprint density at radius 2 is 2.47 bits per heavy atom. The first-order valence-corrected chi connectivity index (χ1v) is 6.87. The summed E-state index contributed by atoms with van der Waals surface area (Å²) in [5.41, 5.74) is 1.17. The molecule has 1 aliphatic rings. The van der Waals surface area contributed by atoms with Crippen LogP contribution in [0.3, 0.4) is 0 Å². The van der Waals surface area contributed by atoms with E-state index in [-0.39, 0.29) is 0 Å². The van der Waals surface area contributed by atoms with E-state index in [0.717, 1.165) is 24.9 Å². The molecule has 0 radical (unpaired) electrons. The van der Waals surface area contributed by atoms with Gasteiger partial charge in [-0.05, 0) is 24.7 Å². The number of nitrogens with zero attached hydrogens (tertiary/aromatic N) is 2. The molecule has 0 aromatic carbocycles. The van der Waals surface area contributed by atoms with Crippen LogP contribution in [0.4, 0.5) is 0 Å². The predicted molar refractivity (Wildman–Crippen MR) is 65.1 cm³/mol. The number of hydrogen-bond acceptors (Lipinski definition) is 3. The molecule has 1 aliphatic carbocycles. The molecule has 0 bridgehead atoms. The number of aromatic nitrogens is 2. The van der Waals surface area contributed by atoms with Gasteiger partial charge < -0.3 is 5.32 Å². The van der Waals surface area contributed by atoms with E-state index in [1.807, 2.05) is 16.4 Å². The molecule has 84 valence electrons. The van der Waals surface area contributed by atoms with Crippen LogP contribution < -0.4 is 5.32 Å². The van der Waals surface area contributed by atoms with E-state index in [1.54, 1.807) is 0 Å². The van der Waals surface area contributed by atoms with Gasteiger partial charge in [-0.1, -0.05) is 6.92 Å². The molecule has 1 heterocycles. The molecular formula is C11H19N3S. The summed E-state index contributed by atoms with van der Waals surface area (Å²) in [5.74, 6) is 2.35. The van der Waals surface area contributed by atoms with Crippen LogP contribution >= 0.6 is 11.8 Å². The molecule has 2 rings (SSSR count). The Kier molecular flexibility index (Phi) is 4.09. The zero-order chi connectivity index (χ0) is 10.5. The summed E-state index contributed by atoms with van der Waals surface area (Å²) in [4.78, 5) is 0. The van der Waals surface area contributed by atoms with Crippen LogP contribution in [0.1, 0.15) is 25.5 Å². The number of nitrogens with one attached hydrogen (secondary N) is 1.